The lowest BCUT2D eigenvalue weighted by Crippen LogP contribution is -2.40. The van der Waals surface area contributed by atoms with Gasteiger partial charge in [-0.2, -0.15) is 0 Å². The SMILES string of the molecule is O=C(c1ccccc1)C(C(=S)Nc1ccccc1)P(=O)(c1ccccc1)c1ccccc1. The second kappa shape index (κ2) is 9.86. The molecule has 0 aliphatic heterocycles. The minimum absolute atomic E-state index is 0.237. The summed E-state index contributed by atoms with van der Waals surface area (Å²) in [4.78, 5) is 14.1. The summed E-state index contributed by atoms with van der Waals surface area (Å²) in [6.07, 6.45) is 0. The Morgan fingerprint density at radius 1 is 0.656 bits per heavy atom. The van der Waals surface area contributed by atoms with Crippen molar-refractivity contribution < 1.29 is 9.36 Å². The second-order valence-corrected chi connectivity index (χ2v) is 10.6. The zero-order chi connectivity index (χ0) is 22.4. The van der Waals surface area contributed by atoms with Gasteiger partial charge in [0.05, 0.1) is 4.99 Å². The maximum atomic E-state index is 15.0. The Kier molecular flexibility index (Phi) is 6.75. The summed E-state index contributed by atoms with van der Waals surface area (Å²) in [6, 6.07) is 36.6. The maximum Gasteiger partial charge on any atom is 0.180 e. The van der Waals surface area contributed by atoms with E-state index in [9.17, 15) is 4.79 Å². The normalized spacial score (nSPS) is 12.0. The molecule has 1 unspecified atom stereocenters. The number of anilines is 1. The predicted octanol–water partition coefficient (Wildman–Crippen LogP) is 5.69. The molecule has 0 amide bonds. The maximum absolute atomic E-state index is 15.0. The number of ketones is 1. The van der Waals surface area contributed by atoms with E-state index in [0.717, 1.165) is 5.69 Å². The van der Waals surface area contributed by atoms with Crippen molar-refractivity contribution in [1.29, 1.82) is 0 Å². The van der Waals surface area contributed by atoms with Gasteiger partial charge in [0.25, 0.3) is 0 Å². The molecular weight excluding hydrogens is 433 g/mol. The molecular formula is C27H22NO2PS. The number of benzene rings is 4. The summed E-state index contributed by atoms with van der Waals surface area (Å²) in [5, 5.41) is 4.37. The lowest BCUT2D eigenvalue weighted by molar-refractivity contribution is 0.100. The monoisotopic (exact) mass is 455 g/mol. The van der Waals surface area contributed by atoms with Crippen LogP contribution in [0.2, 0.25) is 0 Å². The van der Waals surface area contributed by atoms with E-state index in [1.54, 1.807) is 24.3 Å². The van der Waals surface area contributed by atoms with Crippen LogP contribution in [-0.4, -0.2) is 16.4 Å². The average molecular weight is 456 g/mol. The Morgan fingerprint density at radius 2 is 1.06 bits per heavy atom. The molecule has 0 aliphatic carbocycles. The Bertz CT molecular complexity index is 1200. The molecule has 4 aromatic carbocycles. The third-order valence-electron chi connectivity index (χ3n) is 5.24. The lowest BCUT2D eigenvalue weighted by atomic mass is 10.1. The molecule has 0 radical (unpaired) electrons. The fourth-order valence-corrected chi connectivity index (χ4v) is 7.36. The van der Waals surface area contributed by atoms with E-state index in [-0.39, 0.29) is 10.8 Å². The van der Waals surface area contributed by atoms with Crippen molar-refractivity contribution in [3.05, 3.63) is 127 Å². The summed E-state index contributed by atoms with van der Waals surface area (Å²) < 4.78 is 15.0. The van der Waals surface area contributed by atoms with Crippen LogP contribution in [0, 0.1) is 0 Å². The predicted molar refractivity (Wildman–Crippen MR) is 137 cm³/mol. The molecule has 0 heterocycles. The topological polar surface area (TPSA) is 46.2 Å². The molecule has 4 aromatic rings. The highest BCUT2D eigenvalue weighted by atomic mass is 32.1. The van der Waals surface area contributed by atoms with Crippen LogP contribution in [0.15, 0.2) is 121 Å². The molecule has 0 aromatic heterocycles. The standard InChI is InChI=1S/C27H22NO2PS/c29-25(21-13-5-1-6-14-21)26(27(32)28-22-15-7-2-8-16-22)31(30,23-17-9-3-10-18-23)24-19-11-4-12-20-24/h1-20,26H,(H,28,32). The Labute approximate surface area is 193 Å². The number of nitrogens with one attached hydrogen (secondary N) is 1. The van der Waals surface area contributed by atoms with Crippen LogP contribution < -0.4 is 15.9 Å². The number of Topliss-reactive ketones (excluding diaryl/α,β-unsaturated/α-hetero) is 1. The molecule has 1 N–H and O–H groups in total. The number of carbonyl (C=O) groups excluding carboxylic acids is 1. The first-order chi connectivity index (χ1) is 15.6. The van der Waals surface area contributed by atoms with E-state index in [1.807, 2.05) is 97.1 Å². The molecule has 32 heavy (non-hydrogen) atoms. The van der Waals surface area contributed by atoms with Crippen molar-refractivity contribution in [3.8, 4) is 0 Å². The minimum atomic E-state index is -3.50. The molecule has 3 nitrogen and oxygen atoms in total. The summed E-state index contributed by atoms with van der Waals surface area (Å²) in [7, 11) is -3.50. The van der Waals surface area contributed by atoms with Crippen molar-refractivity contribution in [2.75, 3.05) is 5.32 Å². The second-order valence-electron chi connectivity index (χ2n) is 7.32. The molecule has 0 saturated carbocycles. The van der Waals surface area contributed by atoms with Crippen molar-refractivity contribution >= 4 is 46.4 Å². The third-order valence-corrected chi connectivity index (χ3v) is 9.10. The number of para-hydroxylation sites is 1. The van der Waals surface area contributed by atoms with Gasteiger partial charge < -0.3 is 9.88 Å². The first kappa shape index (κ1) is 21.9. The molecule has 0 saturated heterocycles. The van der Waals surface area contributed by atoms with Gasteiger partial charge in [-0.3, -0.25) is 4.79 Å². The average Bonchev–Trinajstić information content (AvgIpc) is 2.86. The highest BCUT2D eigenvalue weighted by Crippen LogP contribution is 2.50. The fourth-order valence-electron chi connectivity index (χ4n) is 3.69. The van der Waals surface area contributed by atoms with Crippen molar-refractivity contribution in [2.45, 2.75) is 5.66 Å². The summed E-state index contributed by atoms with van der Waals surface area (Å²) in [5.41, 5.74) is 0.169. The van der Waals surface area contributed by atoms with Crippen LogP contribution in [0.1, 0.15) is 10.4 Å². The highest BCUT2D eigenvalue weighted by Gasteiger charge is 2.44. The van der Waals surface area contributed by atoms with E-state index in [0.29, 0.717) is 16.2 Å². The molecule has 0 aliphatic rings. The highest BCUT2D eigenvalue weighted by molar-refractivity contribution is 7.86. The third kappa shape index (κ3) is 4.47. The van der Waals surface area contributed by atoms with E-state index >= 15 is 4.57 Å². The van der Waals surface area contributed by atoms with Crippen LogP contribution in [0.4, 0.5) is 5.69 Å². The number of rotatable bonds is 7. The van der Waals surface area contributed by atoms with Gasteiger partial charge in [-0.25, -0.2) is 0 Å². The molecule has 5 heteroatoms. The Morgan fingerprint density at radius 3 is 1.53 bits per heavy atom. The molecule has 4 rings (SSSR count). The molecule has 1 atom stereocenters. The molecule has 0 spiro atoms. The number of hydrogen-bond acceptors (Lipinski definition) is 3. The number of thiocarbonyl (C=S) groups is 1. The van der Waals surface area contributed by atoms with Gasteiger partial charge in [0.15, 0.2) is 12.9 Å². The zero-order valence-electron chi connectivity index (χ0n) is 17.3. The van der Waals surface area contributed by atoms with Gasteiger partial charge >= 0.3 is 0 Å². The molecule has 158 valence electrons. The van der Waals surface area contributed by atoms with Crippen LogP contribution in [0.5, 0.6) is 0 Å². The smallest absolute Gasteiger partial charge is 0.180 e. The number of carbonyl (C=O) groups is 1. The summed E-state index contributed by atoms with van der Waals surface area (Å²) >= 11 is 5.78. The summed E-state index contributed by atoms with van der Waals surface area (Å²) in [6.45, 7) is 0. The van der Waals surface area contributed by atoms with E-state index in [4.69, 9.17) is 12.2 Å². The van der Waals surface area contributed by atoms with E-state index in [2.05, 4.69) is 5.32 Å². The van der Waals surface area contributed by atoms with Crippen LogP contribution in [-0.2, 0) is 4.57 Å². The van der Waals surface area contributed by atoms with Crippen molar-refractivity contribution in [3.63, 3.8) is 0 Å². The van der Waals surface area contributed by atoms with Crippen LogP contribution in [0.3, 0.4) is 0 Å². The fraction of sp³-hybridized carbons (Fsp3) is 0.0370. The molecule has 0 bridgehead atoms. The van der Waals surface area contributed by atoms with Crippen molar-refractivity contribution in [2.24, 2.45) is 0 Å². The first-order valence-corrected chi connectivity index (χ1v) is 12.5. The van der Waals surface area contributed by atoms with Crippen molar-refractivity contribution in [1.82, 2.24) is 0 Å². The zero-order valence-corrected chi connectivity index (χ0v) is 19.0. The lowest BCUT2D eigenvalue weighted by Gasteiger charge is -2.29. The minimum Gasteiger partial charge on any atom is -0.349 e. The van der Waals surface area contributed by atoms with Crippen LogP contribution >= 0.6 is 19.4 Å². The van der Waals surface area contributed by atoms with Gasteiger partial charge in [-0.15, -0.1) is 0 Å². The summed E-state index contributed by atoms with van der Waals surface area (Å²) in [5.74, 6) is -0.268. The Balaban J connectivity index is 1.90. The Hall–Kier alpha value is -3.33. The molecule has 0 fully saturated rings. The van der Waals surface area contributed by atoms with E-state index in [1.165, 1.54) is 0 Å². The quantitative estimate of drug-likeness (QED) is 0.221. The van der Waals surface area contributed by atoms with Gasteiger partial charge in [0.2, 0.25) is 0 Å². The van der Waals surface area contributed by atoms with Gasteiger partial charge in [-0.05, 0) is 12.1 Å². The van der Waals surface area contributed by atoms with Crippen LogP contribution in [0.25, 0.3) is 0 Å². The van der Waals surface area contributed by atoms with Gasteiger partial charge in [-0.1, -0.05) is 121 Å². The largest absolute Gasteiger partial charge is 0.349 e. The van der Waals surface area contributed by atoms with E-state index < -0.39 is 12.8 Å². The van der Waals surface area contributed by atoms with Gasteiger partial charge in [0, 0.05) is 21.9 Å². The number of hydrogen-bond donors (Lipinski definition) is 1. The van der Waals surface area contributed by atoms with Gasteiger partial charge in [0.1, 0.15) is 5.66 Å². The first-order valence-electron chi connectivity index (χ1n) is 10.3.